The van der Waals surface area contributed by atoms with Gasteiger partial charge in [0.2, 0.25) is 0 Å². The van der Waals surface area contributed by atoms with Crippen LogP contribution in [0.15, 0.2) is 30.3 Å². The van der Waals surface area contributed by atoms with Crippen molar-refractivity contribution in [2.24, 2.45) is 5.73 Å². The Morgan fingerprint density at radius 1 is 1.06 bits per heavy atom. The summed E-state index contributed by atoms with van der Waals surface area (Å²) in [6.07, 6.45) is 0.929. The van der Waals surface area contributed by atoms with Crippen molar-refractivity contribution in [3.8, 4) is 21.9 Å². The molecule has 0 saturated heterocycles. The van der Waals surface area contributed by atoms with Gasteiger partial charge in [0.1, 0.15) is 0 Å². The topological polar surface area (TPSA) is 44.5 Å². The summed E-state index contributed by atoms with van der Waals surface area (Å²) in [7, 11) is 3.29. The molecular weight excluding hydrogens is 246 g/mol. The molecule has 1 heterocycles. The van der Waals surface area contributed by atoms with Crippen molar-refractivity contribution in [3.05, 3.63) is 35.2 Å². The minimum atomic E-state index is 0.686. The second kappa shape index (κ2) is 5.89. The molecule has 2 N–H and O–H groups in total. The minimum absolute atomic E-state index is 0.686. The summed E-state index contributed by atoms with van der Waals surface area (Å²) in [5, 5.41) is 0. The standard InChI is InChI=1S/C14H17NO2S/c1-16-12-5-3-10(9-13(12)17-2)14-6-4-11(18-14)7-8-15/h3-6,9H,7-8,15H2,1-2H3. The van der Waals surface area contributed by atoms with E-state index < -0.39 is 0 Å². The van der Waals surface area contributed by atoms with Crippen molar-refractivity contribution in [1.29, 1.82) is 0 Å². The van der Waals surface area contributed by atoms with Crippen molar-refractivity contribution in [2.75, 3.05) is 20.8 Å². The van der Waals surface area contributed by atoms with Crippen LogP contribution in [-0.2, 0) is 6.42 Å². The Hall–Kier alpha value is -1.52. The lowest BCUT2D eigenvalue weighted by Gasteiger charge is -2.08. The molecule has 3 nitrogen and oxygen atoms in total. The summed E-state index contributed by atoms with van der Waals surface area (Å²) in [4.78, 5) is 2.53. The van der Waals surface area contributed by atoms with Crippen LogP contribution in [0.3, 0.4) is 0 Å². The molecule has 1 aromatic carbocycles. The summed E-state index contributed by atoms with van der Waals surface area (Å²) in [6.45, 7) is 0.686. The number of methoxy groups -OCH3 is 2. The molecule has 0 spiro atoms. The lowest BCUT2D eigenvalue weighted by molar-refractivity contribution is 0.355. The fourth-order valence-electron chi connectivity index (χ4n) is 1.80. The number of ether oxygens (including phenoxy) is 2. The average Bonchev–Trinajstić information content (AvgIpc) is 2.87. The predicted octanol–water partition coefficient (Wildman–Crippen LogP) is 2.93. The van der Waals surface area contributed by atoms with Crippen LogP contribution in [0.1, 0.15) is 4.88 Å². The van der Waals surface area contributed by atoms with Gasteiger partial charge in [-0.25, -0.2) is 0 Å². The van der Waals surface area contributed by atoms with Crippen LogP contribution in [0.2, 0.25) is 0 Å². The van der Waals surface area contributed by atoms with Gasteiger partial charge in [-0.3, -0.25) is 0 Å². The highest BCUT2D eigenvalue weighted by Gasteiger charge is 2.08. The van der Waals surface area contributed by atoms with E-state index in [0.717, 1.165) is 23.5 Å². The zero-order valence-corrected chi connectivity index (χ0v) is 11.4. The maximum absolute atomic E-state index is 5.56. The summed E-state index contributed by atoms with van der Waals surface area (Å²) in [5.41, 5.74) is 6.70. The summed E-state index contributed by atoms with van der Waals surface area (Å²) >= 11 is 1.77. The predicted molar refractivity (Wildman–Crippen MR) is 75.6 cm³/mol. The molecule has 1 aromatic heterocycles. The first-order valence-electron chi connectivity index (χ1n) is 5.79. The Morgan fingerprint density at radius 2 is 1.83 bits per heavy atom. The van der Waals surface area contributed by atoms with Crippen molar-refractivity contribution in [3.63, 3.8) is 0 Å². The van der Waals surface area contributed by atoms with Crippen LogP contribution in [0.5, 0.6) is 11.5 Å². The van der Waals surface area contributed by atoms with Gasteiger partial charge in [-0.1, -0.05) is 0 Å². The highest BCUT2D eigenvalue weighted by molar-refractivity contribution is 7.15. The van der Waals surface area contributed by atoms with E-state index in [1.807, 2.05) is 18.2 Å². The third-order valence-corrected chi connectivity index (χ3v) is 3.91. The van der Waals surface area contributed by atoms with Crippen molar-refractivity contribution in [1.82, 2.24) is 0 Å². The molecule has 96 valence electrons. The summed E-state index contributed by atoms with van der Waals surface area (Å²) in [6, 6.07) is 10.2. The lowest BCUT2D eigenvalue weighted by Crippen LogP contribution is -2.00. The third-order valence-electron chi connectivity index (χ3n) is 2.72. The van der Waals surface area contributed by atoms with E-state index in [1.54, 1.807) is 25.6 Å². The smallest absolute Gasteiger partial charge is 0.161 e. The minimum Gasteiger partial charge on any atom is -0.493 e. The maximum Gasteiger partial charge on any atom is 0.161 e. The number of benzene rings is 1. The number of rotatable bonds is 5. The first-order valence-corrected chi connectivity index (χ1v) is 6.61. The van der Waals surface area contributed by atoms with Gasteiger partial charge in [0.25, 0.3) is 0 Å². The first kappa shape index (κ1) is 12.9. The molecule has 2 aromatic rings. The van der Waals surface area contributed by atoms with Gasteiger partial charge in [-0.15, -0.1) is 11.3 Å². The van der Waals surface area contributed by atoms with Crippen LogP contribution in [-0.4, -0.2) is 20.8 Å². The van der Waals surface area contributed by atoms with Gasteiger partial charge in [0.05, 0.1) is 14.2 Å². The molecule has 0 fully saturated rings. The molecule has 4 heteroatoms. The average molecular weight is 263 g/mol. The second-order valence-corrected chi connectivity index (χ2v) is 5.04. The number of hydrogen-bond acceptors (Lipinski definition) is 4. The van der Waals surface area contributed by atoms with E-state index in [4.69, 9.17) is 15.2 Å². The second-order valence-electron chi connectivity index (χ2n) is 3.87. The molecule has 0 unspecified atom stereocenters. The van der Waals surface area contributed by atoms with Gasteiger partial charge < -0.3 is 15.2 Å². The van der Waals surface area contributed by atoms with Crippen molar-refractivity contribution >= 4 is 11.3 Å². The van der Waals surface area contributed by atoms with E-state index in [2.05, 4.69) is 12.1 Å². The Labute approximate surface area is 111 Å². The van der Waals surface area contributed by atoms with Crippen molar-refractivity contribution < 1.29 is 9.47 Å². The van der Waals surface area contributed by atoms with Crippen LogP contribution in [0.25, 0.3) is 10.4 Å². The highest BCUT2D eigenvalue weighted by atomic mass is 32.1. The van der Waals surface area contributed by atoms with E-state index in [0.29, 0.717) is 6.54 Å². The van der Waals surface area contributed by atoms with Gasteiger partial charge in [0, 0.05) is 9.75 Å². The molecule has 0 radical (unpaired) electrons. The van der Waals surface area contributed by atoms with E-state index in [1.165, 1.54) is 9.75 Å². The van der Waals surface area contributed by atoms with Crippen LogP contribution in [0.4, 0.5) is 0 Å². The molecule has 0 saturated carbocycles. The zero-order valence-electron chi connectivity index (χ0n) is 10.6. The van der Waals surface area contributed by atoms with Gasteiger partial charge in [0.15, 0.2) is 11.5 Å². The van der Waals surface area contributed by atoms with E-state index in [9.17, 15) is 0 Å². The normalized spacial score (nSPS) is 10.4. The summed E-state index contributed by atoms with van der Waals surface area (Å²) in [5.74, 6) is 1.50. The monoisotopic (exact) mass is 263 g/mol. The van der Waals surface area contributed by atoms with E-state index >= 15 is 0 Å². The third kappa shape index (κ3) is 2.66. The van der Waals surface area contributed by atoms with Crippen molar-refractivity contribution in [2.45, 2.75) is 6.42 Å². The fourth-order valence-corrected chi connectivity index (χ4v) is 2.82. The van der Waals surface area contributed by atoms with Gasteiger partial charge in [-0.2, -0.15) is 0 Å². The van der Waals surface area contributed by atoms with E-state index in [-0.39, 0.29) is 0 Å². The molecule has 0 amide bonds. The maximum atomic E-state index is 5.56. The molecular formula is C14H17NO2S. The van der Waals surface area contributed by atoms with Gasteiger partial charge >= 0.3 is 0 Å². The molecule has 0 atom stereocenters. The Kier molecular flexibility index (Phi) is 4.23. The van der Waals surface area contributed by atoms with Crippen LogP contribution >= 0.6 is 11.3 Å². The molecule has 0 aliphatic heterocycles. The largest absolute Gasteiger partial charge is 0.493 e. The molecule has 18 heavy (non-hydrogen) atoms. The van der Waals surface area contributed by atoms with Gasteiger partial charge in [-0.05, 0) is 48.9 Å². The number of hydrogen-bond donors (Lipinski definition) is 1. The lowest BCUT2D eigenvalue weighted by atomic mass is 10.1. The number of nitrogens with two attached hydrogens (primary N) is 1. The quantitative estimate of drug-likeness (QED) is 0.902. The van der Waals surface area contributed by atoms with Crippen LogP contribution < -0.4 is 15.2 Å². The molecule has 0 aliphatic carbocycles. The SMILES string of the molecule is COc1ccc(-c2ccc(CCN)s2)cc1OC. The fraction of sp³-hybridized carbons (Fsp3) is 0.286. The zero-order chi connectivity index (χ0) is 13.0. The number of thiophene rings is 1. The highest BCUT2D eigenvalue weighted by Crippen LogP contribution is 2.35. The Morgan fingerprint density at radius 3 is 2.50 bits per heavy atom. The molecule has 0 aliphatic rings. The Balaban J connectivity index is 2.31. The first-order chi connectivity index (χ1) is 8.78. The Bertz CT molecular complexity index is 522. The molecule has 2 rings (SSSR count). The molecule has 0 bridgehead atoms. The summed E-state index contributed by atoms with van der Waals surface area (Å²) < 4.78 is 10.5. The van der Waals surface area contributed by atoms with Crippen LogP contribution in [0, 0.1) is 0 Å².